The van der Waals surface area contributed by atoms with Crippen LogP contribution in [0.15, 0.2) is 24.3 Å². The highest BCUT2D eigenvalue weighted by Crippen LogP contribution is 2.23. The second-order valence-electron chi connectivity index (χ2n) is 5.90. The summed E-state index contributed by atoms with van der Waals surface area (Å²) < 4.78 is 0. The normalized spacial score (nSPS) is 15.1. The van der Waals surface area contributed by atoms with E-state index in [1.807, 2.05) is 18.2 Å². The number of likely N-dealkylation sites (tertiary alicyclic amines) is 1. The molecule has 5 heteroatoms. The maximum Gasteiger partial charge on any atom is 0.237 e. The predicted molar refractivity (Wildman–Crippen MR) is 82.9 cm³/mol. The Morgan fingerprint density at radius 2 is 1.86 bits per heavy atom. The van der Waals surface area contributed by atoms with E-state index in [0.29, 0.717) is 11.6 Å². The Bertz CT molecular complexity index is 537. The summed E-state index contributed by atoms with van der Waals surface area (Å²) in [7, 11) is 0. The molecule has 0 aliphatic carbocycles. The Morgan fingerprint density at radius 1 is 1.24 bits per heavy atom. The smallest absolute Gasteiger partial charge is 0.237 e. The Kier molecular flexibility index (Phi) is 4.88. The van der Waals surface area contributed by atoms with Crippen molar-refractivity contribution < 1.29 is 9.59 Å². The number of benzene rings is 1. The Balaban J connectivity index is 1.98. The summed E-state index contributed by atoms with van der Waals surface area (Å²) in [4.78, 5) is 26.5. The van der Waals surface area contributed by atoms with Crippen LogP contribution in [0.4, 0.5) is 0 Å². The first-order valence-corrected chi connectivity index (χ1v) is 7.62. The molecule has 0 unspecified atom stereocenters. The summed E-state index contributed by atoms with van der Waals surface area (Å²) in [6, 6.07) is 7.35. The van der Waals surface area contributed by atoms with Gasteiger partial charge in [0, 0.05) is 24.7 Å². The van der Waals surface area contributed by atoms with Crippen LogP contribution in [0.3, 0.4) is 0 Å². The third-order valence-electron chi connectivity index (χ3n) is 3.89. The summed E-state index contributed by atoms with van der Waals surface area (Å²) >= 11 is 6.06. The second-order valence-corrected chi connectivity index (χ2v) is 6.31. The minimum atomic E-state index is -1.05. The van der Waals surface area contributed by atoms with Crippen molar-refractivity contribution in [2.24, 2.45) is 5.41 Å². The lowest BCUT2D eigenvalue weighted by Crippen LogP contribution is -2.48. The molecule has 1 saturated heterocycles. The average Bonchev–Trinajstić information content (AvgIpc) is 2.99. The molecule has 0 spiro atoms. The zero-order chi connectivity index (χ0) is 15.5. The van der Waals surface area contributed by atoms with E-state index in [-0.39, 0.29) is 11.8 Å². The molecule has 0 atom stereocenters. The molecule has 1 fully saturated rings. The van der Waals surface area contributed by atoms with E-state index < -0.39 is 5.41 Å². The lowest BCUT2D eigenvalue weighted by atomic mass is 9.90. The third kappa shape index (κ3) is 3.56. The lowest BCUT2D eigenvalue weighted by Gasteiger charge is -2.28. The third-order valence-corrected chi connectivity index (χ3v) is 4.26. The minimum absolute atomic E-state index is 0.100. The van der Waals surface area contributed by atoms with Gasteiger partial charge in [0.25, 0.3) is 0 Å². The molecule has 0 radical (unpaired) electrons. The number of amides is 2. The van der Waals surface area contributed by atoms with Gasteiger partial charge in [0.05, 0.1) is 0 Å². The Morgan fingerprint density at radius 3 is 2.48 bits per heavy atom. The van der Waals surface area contributed by atoms with Crippen molar-refractivity contribution in [3.05, 3.63) is 34.9 Å². The van der Waals surface area contributed by atoms with E-state index in [9.17, 15) is 9.59 Å². The van der Waals surface area contributed by atoms with Gasteiger partial charge < -0.3 is 10.2 Å². The Labute approximate surface area is 130 Å². The van der Waals surface area contributed by atoms with Gasteiger partial charge in [-0.3, -0.25) is 9.59 Å². The molecule has 0 bridgehead atoms. The molecule has 2 rings (SSSR count). The number of nitrogens with zero attached hydrogens (tertiary/aromatic N) is 1. The molecule has 4 nitrogen and oxygen atoms in total. The quantitative estimate of drug-likeness (QED) is 0.869. The van der Waals surface area contributed by atoms with Crippen LogP contribution >= 0.6 is 11.6 Å². The van der Waals surface area contributed by atoms with E-state index >= 15 is 0 Å². The van der Waals surface area contributed by atoms with Gasteiger partial charge in [-0.05, 0) is 38.3 Å². The molecule has 1 aromatic rings. The van der Waals surface area contributed by atoms with Crippen LogP contribution in [-0.4, -0.2) is 29.8 Å². The molecule has 1 N–H and O–H groups in total. The highest BCUT2D eigenvalue weighted by atomic mass is 35.5. The highest BCUT2D eigenvalue weighted by molar-refractivity contribution is 6.31. The van der Waals surface area contributed by atoms with Gasteiger partial charge in [0.2, 0.25) is 11.8 Å². The van der Waals surface area contributed by atoms with E-state index in [1.165, 1.54) is 0 Å². The van der Waals surface area contributed by atoms with Crippen LogP contribution in [0, 0.1) is 5.41 Å². The standard InChI is InChI=1S/C16H21ClN2O2/c1-16(2,15(21)19-9-5-6-10-19)14(20)18-11-12-7-3-4-8-13(12)17/h3-4,7-8H,5-6,9-11H2,1-2H3,(H,18,20). The van der Waals surface area contributed by atoms with Crippen LogP contribution in [0.1, 0.15) is 32.3 Å². The first-order valence-electron chi connectivity index (χ1n) is 7.24. The molecule has 0 aromatic heterocycles. The van der Waals surface area contributed by atoms with Crippen molar-refractivity contribution >= 4 is 23.4 Å². The number of carbonyl (C=O) groups excluding carboxylic acids is 2. The SMILES string of the molecule is CC(C)(C(=O)NCc1ccccc1Cl)C(=O)N1CCCC1. The van der Waals surface area contributed by atoms with Gasteiger partial charge in [-0.15, -0.1) is 0 Å². The summed E-state index contributed by atoms with van der Waals surface area (Å²) in [6.07, 6.45) is 2.03. The van der Waals surface area contributed by atoms with Crippen LogP contribution in [0.2, 0.25) is 5.02 Å². The van der Waals surface area contributed by atoms with Crippen molar-refractivity contribution in [1.29, 1.82) is 0 Å². The lowest BCUT2D eigenvalue weighted by molar-refractivity contribution is -0.147. The zero-order valence-corrected chi connectivity index (χ0v) is 13.2. The summed E-state index contributed by atoms with van der Waals surface area (Å²) in [5.41, 5.74) is -0.206. The zero-order valence-electron chi connectivity index (χ0n) is 12.5. The van der Waals surface area contributed by atoms with E-state index in [2.05, 4.69) is 5.32 Å². The van der Waals surface area contributed by atoms with E-state index in [4.69, 9.17) is 11.6 Å². The maximum atomic E-state index is 12.4. The largest absolute Gasteiger partial charge is 0.351 e. The topological polar surface area (TPSA) is 49.4 Å². The van der Waals surface area contributed by atoms with Crippen molar-refractivity contribution in [2.75, 3.05) is 13.1 Å². The molecular weight excluding hydrogens is 288 g/mol. The highest BCUT2D eigenvalue weighted by Gasteiger charge is 2.39. The molecule has 21 heavy (non-hydrogen) atoms. The predicted octanol–water partition coefficient (Wildman–Crippen LogP) is 2.60. The number of rotatable bonds is 4. The number of hydrogen-bond donors (Lipinski definition) is 1. The number of hydrogen-bond acceptors (Lipinski definition) is 2. The van der Waals surface area contributed by atoms with Gasteiger partial charge in [-0.25, -0.2) is 0 Å². The molecule has 1 heterocycles. The van der Waals surface area contributed by atoms with E-state index in [0.717, 1.165) is 31.5 Å². The molecular formula is C16H21ClN2O2. The molecule has 2 amide bonds. The molecule has 1 aliphatic heterocycles. The van der Waals surface area contributed by atoms with Crippen molar-refractivity contribution in [3.63, 3.8) is 0 Å². The fraction of sp³-hybridized carbons (Fsp3) is 0.500. The van der Waals surface area contributed by atoms with Crippen LogP contribution < -0.4 is 5.32 Å². The van der Waals surface area contributed by atoms with Gasteiger partial charge in [-0.1, -0.05) is 29.8 Å². The summed E-state index contributed by atoms with van der Waals surface area (Å²) in [5, 5.41) is 3.43. The molecule has 114 valence electrons. The van der Waals surface area contributed by atoms with Crippen molar-refractivity contribution in [2.45, 2.75) is 33.2 Å². The van der Waals surface area contributed by atoms with Gasteiger partial charge >= 0.3 is 0 Å². The summed E-state index contributed by atoms with van der Waals surface area (Å²) in [5.74, 6) is -0.365. The van der Waals surface area contributed by atoms with Crippen LogP contribution in [0.5, 0.6) is 0 Å². The Hall–Kier alpha value is -1.55. The molecule has 0 saturated carbocycles. The summed E-state index contributed by atoms with van der Waals surface area (Å²) in [6.45, 7) is 5.18. The number of nitrogens with one attached hydrogen (secondary N) is 1. The molecule has 1 aromatic carbocycles. The first kappa shape index (κ1) is 15.8. The first-order chi connectivity index (χ1) is 9.93. The van der Waals surface area contributed by atoms with E-state index in [1.54, 1.807) is 24.8 Å². The number of halogens is 1. The van der Waals surface area contributed by atoms with Gasteiger partial charge in [-0.2, -0.15) is 0 Å². The van der Waals surface area contributed by atoms with Crippen LogP contribution in [-0.2, 0) is 16.1 Å². The average molecular weight is 309 g/mol. The molecule has 1 aliphatic rings. The van der Waals surface area contributed by atoms with Crippen LogP contribution in [0.25, 0.3) is 0 Å². The second kappa shape index (κ2) is 6.48. The van der Waals surface area contributed by atoms with Crippen molar-refractivity contribution in [3.8, 4) is 0 Å². The maximum absolute atomic E-state index is 12.4. The van der Waals surface area contributed by atoms with Gasteiger partial charge in [0.1, 0.15) is 5.41 Å². The van der Waals surface area contributed by atoms with Crippen molar-refractivity contribution in [1.82, 2.24) is 10.2 Å². The van der Waals surface area contributed by atoms with Gasteiger partial charge in [0.15, 0.2) is 0 Å². The monoisotopic (exact) mass is 308 g/mol. The minimum Gasteiger partial charge on any atom is -0.351 e. The fourth-order valence-corrected chi connectivity index (χ4v) is 2.65. The number of carbonyl (C=O) groups is 2. The fourth-order valence-electron chi connectivity index (χ4n) is 2.45.